The Kier molecular flexibility index (Phi) is 13.3. The number of nitrogens with zero attached hydrogens (tertiary/aromatic N) is 15. The molecule has 15 rings (SSSR count). The van der Waals surface area contributed by atoms with Crippen molar-refractivity contribution in [3.63, 3.8) is 0 Å². The third-order valence-corrected chi connectivity index (χ3v) is 13.5. The average molecular weight is 1090 g/mol. The van der Waals surface area contributed by atoms with E-state index in [4.69, 9.17) is 5.73 Å². The van der Waals surface area contributed by atoms with Gasteiger partial charge >= 0.3 is 0 Å². The fraction of sp³-hybridized carbons (Fsp3) is 0. The topological polar surface area (TPSA) is 233 Å². The second-order valence-corrected chi connectivity index (χ2v) is 18.5. The molecule has 12 aromatic heterocycles. The lowest BCUT2D eigenvalue weighted by Crippen LogP contribution is -2.24. The Morgan fingerprint density at radius 2 is 0.807 bits per heavy atom. The molecule has 20 heteroatoms. The van der Waals surface area contributed by atoms with Crippen molar-refractivity contribution in [2.75, 3.05) is 5.73 Å². The second-order valence-electron chi connectivity index (χ2n) is 18.5. The number of fused-ring (bicyclic) bond motifs is 6. The van der Waals surface area contributed by atoms with Crippen molar-refractivity contribution >= 4 is 71.6 Å². The molecule has 0 bridgehead atoms. The molecule has 0 unspecified atom stereocenters. The largest absolute Gasteiger partial charge is 0.619 e. The first-order valence-electron chi connectivity index (χ1n) is 25.5. The van der Waals surface area contributed by atoms with Gasteiger partial charge in [0, 0.05) is 103 Å². The zero-order chi connectivity index (χ0) is 56.4. The van der Waals surface area contributed by atoms with Gasteiger partial charge in [-0.15, -0.1) is 0 Å². The summed E-state index contributed by atoms with van der Waals surface area (Å²) in [5.74, 6) is -0.719. The van der Waals surface area contributed by atoms with Crippen LogP contribution in [-0.4, -0.2) is 69.8 Å². The van der Waals surface area contributed by atoms with Crippen molar-refractivity contribution < 1.29 is 17.9 Å². The minimum absolute atomic E-state index is 0.326. The molecule has 2 N–H and O–H groups in total. The number of nitrogens with two attached hydrogens (primary N) is 1. The molecule has 15 aromatic rings. The Bertz CT molecular complexity index is 4990. The predicted octanol–water partition coefficient (Wildman–Crippen LogP) is 12.1. The molecular formula is C63H37F3N16O. The van der Waals surface area contributed by atoms with Crippen LogP contribution < -0.4 is 10.5 Å². The van der Waals surface area contributed by atoms with Crippen LogP contribution in [0.1, 0.15) is 0 Å². The monoisotopic (exact) mass is 1090 g/mol. The summed E-state index contributed by atoms with van der Waals surface area (Å²) in [7, 11) is 0. The fourth-order valence-corrected chi connectivity index (χ4v) is 9.73. The van der Waals surface area contributed by atoms with Gasteiger partial charge in [-0.25, -0.2) is 78.0 Å². The third kappa shape index (κ3) is 9.84. The van der Waals surface area contributed by atoms with Gasteiger partial charge < -0.3 is 10.9 Å². The van der Waals surface area contributed by atoms with Crippen LogP contribution in [0.4, 0.5) is 19.0 Å². The smallest absolute Gasteiger partial charge is 0.206 e. The van der Waals surface area contributed by atoms with Gasteiger partial charge in [0.15, 0.2) is 23.1 Å². The predicted molar refractivity (Wildman–Crippen MR) is 309 cm³/mol. The summed E-state index contributed by atoms with van der Waals surface area (Å²) in [5, 5.41) is 16.4. The molecule has 0 spiro atoms. The molecule has 12 heterocycles. The van der Waals surface area contributed by atoms with E-state index in [9.17, 15) is 18.4 Å². The summed E-state index contributed by atoms with van der Waals surface area (Å²) in [6.45, 7) is 0. The number of hydrogen-bond donors (Lipinski definition) is 1. The third-order valence-electron chi connectivity index (χ3n) is 13.5. The standard InChI is InChI=1S/C21H13FN6.C21H12FN5O.C21H12FN5/c22-16-6-2-1-4-13(16)17-10-15(12-5-3-8-25-21(12)28-17)18-14-7-9-24-20(23)19(14)27-11-26-18;22-17-6-2-1-4-14(17)18-10-16(13-5-3-8-23-21(13)26-18)20-15-7-9-27(28)11-19(15)24-12-25-20;22-17-6-2-1-4-14(17)18-10-16(13-5-3-8-24-21(13)27-18)20-15-7-9-23-11-19(15)25-12-26-20/h1-11H,(H2,23,24);1-12H;1-12H. The van der Waals surface area contributed by atoms with Crippen LogP contribution in [0.2, 0.25) is 0 Å². The lowest BCUT2D eigenvalue weighted by atomic mass is 10.0. The summed E-state index contributed by atoms with van der Waals surface area (Å²) in [6, 6.07) is 41.6. The van der Waals surface area contributed by atoms with Crippen LogP contribution in [0, 0.1) is 22.7 Å². The van der Waals surface area contributed by atoms with Crippen LogP contribution in [0.5, 0.6) is 0 Å². The van der Waals surface area contributed by atoms with E-state index in [-0.39, 0.29) is 17.5 Å². The highest BCUT2D eigenvalue weighted by molar-refractivity contribution is 6.05. The van der Waals surface area contributed by atoms with Gasteiger partial charge in [-0.2, -0.15) is 4.73 Å². The van der Waals surface area contributed by atoms with Crippen LogP contribution in [0.15, 0.2) is 214 Å². The van der Waals surface area contributed by atoms with E-state index in [1.165, 1.54) is 49.6 Å². The van der Waals surface area contributed by atoms with Gasteiger partial charge in [-0.3, -0.25) is 4.98 Å². The van der Waals surface area contributed by atoms with Crippen molar-refractivity contribution in [2.45, 2.75) is 0 Å². The van der Waals surface area contributed by atoms with Gasteiger partial charge in [-0.1, -0.05) is 36.4 Å². The van der Waals surface area contributed by atoms with Crippen LogP contribution in [0.3, 0.4) is 0 Å². The number of halogens is 3. The van der Waals surface area contributed by atoms with Crippen LogP contribution in [-0.2, 0) is 0 Å². The van der Waals surface area contributed by atoms with Crippen molar-refractivity contribution in [2.24, 2.45) is 0 Å². The maximum Gasteiger partial charge on any atom is 0.206 e. The summed E-state index contributed by atoms with van der Waals surface area (Å²) in [4.78, 5) is 61.1. The van der Waals surface area contributed by atoms with Gasteiger partial charge in [0.05, 0.1) is 45.9 Å². The molecule has 0 radical (unpaired) electrons. The number of rotatable bonds is 6. The van der Waals surface area contributed by atoms with Crippen LogP contribution in [0.25, 0.3) is 133 Å². The molecule has 0 aliphatic carbocycles. The number of aromatic nitrogens is 15. The zero-order valence-electron chi connectivity index (χ0n) is 43.0. The molecule has 83 heavy (non-hydrogen) atoms. The highest BCUT2D eigenvalue weighted by Crippen LogP contribution is 2.38. The molecule has 0 amide bonds. The summed E-state index contributed by atoms with van der Waals surface area (Å²) < 4.78 is 43.8. The SMILES string of the molecule is Fc1ccccc1-c1cc(-c2ncnc3cnccc23)c2cccnc2n1.Nc1nccc2c(-c3cc(-c4ccccc4F)nc4ncccc34)ncnc12.[O-][n+]1ccc2c(-c3cc(-c4ccccc4F)nc4ncccc34)ncnc2c1. The number of pyridine rings is 9. The highest BCUT2D eigenvalue weighted by atomic mass is 19.1. The molecule has 3 aromatic carbocycles. The fourth-order valence-electron chi connectivity index (χ4n) is 9.73. The molecule has 0 fully saturated rings. The van der Waals surface area contributed by atoms with Gasteiger partial charge in [0.25, 0.3) is 0 Å². The minimum Gasteiger partial charge on any atom is -0.619 e. The number of anilines is 1. The quantitative estimate of drug-likeness (QED) is 0.120. The summed E-state index contributed by atoms with van der Waals surface area (Å²) >= 11 is 0. The van der Waals surface area contributed by atoms with E-state index >= 15 is 0 Å². The lowest BCUT2D eigenvalue weighted by Gasteiger charge is -2.11. The number of nitrogen functional groups attached to an aromatic ring is 1. The van der Waals surface area contributed by atoms with Gasteiger partial charge in [0.1, 0.15) is 53.3 Å². The van der Waals surface area contributed by atoms with Crippen LogP contribution >= 0.6 is 0 Å². The van der Waals surface area contributed by atoms with E-state index in [2.05, 4.69) is 69.8 Å². The van der Waals surface area contributed by atoms with Crippen molar-refractivity contribution in [1.82, 2.24) is 69.8 Å². The Hall–Kier alpha value is -11.8. The maximum atomic E-state index is 14.4. The Balaban J connectivity index is 0.000000117. The lowest BCUT2D eigenvalue weighted by molar-refractivity contribution is -0.604. The Morgan fingerprint density at radius 3 is 1.30 bits per heavy atom. The minimum atomic E-state index is -0.365. The highest BCUT2D eigenvalue weighted by Gasteiger charge is 2.20. The number of hydrogen-bond acceptors (Lipinski definition) is 16. The van der Waals surface area contributed by atoms with Crippen molar-refractivity contribution in [3.8, 4) is 67.5 Å². The molecule has 17 nitrogen and oxygen atoms in total. The molecule has 0 aliphatic rings. The van der Waals surface area contributed by atoms with E-state index in [1.54, 1.807) is 104 Å². The van der Waals surface area contributed by atoms with E-state index in [1.807, 2.05) is 60.7 Å². The van der Waals surface area contributed by atoms with E-state index < -0.39 is 0 Å². The molecular weight excluding hydrogens is 1050 g/mol. The number of benzene rings is 3. The summed E-state index contributed by atoms with van der Waals surface area (Å²) in [6.07, 6.45) is 17.1. The normalized spacial score (nSPS) is 11.2. The molecule has 0 saturated carbocycles. The maximum absolute atomic E-state index is 14.4. The Morgan fingerprint density at radius 1 is 0.373 bits per heavy atom. The molecule has 396 valence electrons. The molecule has 0 atom stereocenters. The van der Waals surface area contributed by atoms with Crippen molar-refractivity contribution in [1.29, 1.82) is 0 Å². The molecule has 0 aliphatic heterocycles. The van der Waals surface area contributed by atoms with E-state index in [0.717, 1.165) is 54.8 Å². The Labute approximate surface area is 467 Å². The average Bonchev–Trinajstić information content (AvgIpc) is 3.72. The van der Waals surface area contributed by atoms with E-state index in [0.29, 0.717) is 89.1 Å². The first kappa shape index (κ1) is 50.7. The van der Waals surface area contributed by atoms with Gasteiger partial charge in [0.2, 0.25) is 6.20 Å². The zero-order valence-corrected chi connectivity index (χ0v) is 43.0. The summed E-state index contributed by atoms with van der Waals surface area (Å²) in [5.41, 5.74) is 16.3. The molecule has 0 saturated heterocycles. The first-order valence-corrected chi connectivity index (χ1v) is 25.5. The first-order chi connectivity index (χ1) is 40.7. The van der Waals surface area contributed by atoms with Crippen molar-refractivity contribution in [3.05, 3.63) is 237 Å². The second kappa shape index (κ2) is 21.8. The van der Waals surface area contributed by atoms with Gasteiger partial charge in [-0.05, 0) is 103 Å².